The normalized spacial score (nSPS) is 24.3. The number of rotatable bonds is 2. The lowest BCUT2D eigenvalue weighted by molar-refractivity contribution is -0.000705. The lowest BCUT2D eigenvalue weighted by Gasteiger charge is -2.48. The van der Waals surface area contributed by atoms with Gasteiger partial charge in [0.25, 0.3) is 0 Å². The van der Waals surface area contributed by atoms with Gasteiger partial charge in [-0.1, -0.05) is 28.8 Å². The second kappa shape index (κ2) is 4.49. The molecule has 0 aromatic heterocycles. The highest BCUT2D eigenvalue weighted by molar-refractivity contribution is 9.10. The van der Waals surface area contributed by atoms with Gasteiger partial charge in [0.1, 0.15) is 5.75 Å². The third-order valence-electron chi connectivity index (χ3n) is 5.00. The van der Waals surface area contributed by atoms with E-state index in [0.29, 0.717) is 5.41 Å². The molecule has 2 heterocycles. The van der Waals surface area contributed by atoms with E-state index in [1.165, 1.54) is 54.4 Å². The molecular formula is C16H20BrNO. The minimum Gasteiger partial charge on any atom is -0.493 e. The van der Waals surface area contributed by atoms with Crippen LogP contribution in [0, 0.1) is 5.41 Å². The summed E-state index contributed by atoms with van der Waals surface area (Å²) in [6, 6.07) is 4.45. The molecule has 2 aliphatic heterocycles. The van der Waals surface area contributed by atoms with Gasteiger partial charge in [-0.15, -0.1) is 0 Å². The second-order valence-electron chi connectivity index (χ2n) is 6.50. The third kappa shape index (κ3) is 2.11. The summed E-state index contributed by atoms with van der Waals surface area (Å²) in [6.07, 6.45) is 6.87. The summed E-state index contributed by atoms with van der Waals surface area (Å²) in [5.41, 5.74) is 3.44. The highest BCUT2D eigenvalue weighted by Gasteiger charge is 2.44. The fraction of sp³-hybridized carbons (Fsp3) is 0.625. The Hall–Kier alpha value is -0.540. The SMILES string of the molecule is Brc1cc2c(c(CN3CC4(CCCC4)C3)c1)OCC2. The first kappa shape index (κ1) is 12.2. The molecule has 1 aromatic carbocycles. The van der Waals surface area contributed by atoms with Crippen molar-refractivity contribution in [3.63, 3.8) is 0 Å². The lowest BCUT2D eigenvalue weighted by Crippen LogP contribution is -2.54. The Labute approximate surface area is 123 Å². The summed E-state index contributed by atoms with van der Waals surface area (Å²) in [6.45, 7) is 4.51. The number of likely N-dealkylation sites (tertiary alicyclic amines) is 1. The molecular weight excluding hydrogens is 302 g/mol. The average Bonchev–Trinajstić information content (AvgIpc) is 2.95. The van der Waals surface area contributed by atoms with Crippen molar-refractivity contribution in [2.45, 2.75) is 38.6 Å². The molecule has 2 nitrogen and oxygen atoms in total. The van der Waals surface area contributed by atoms with Crippen LogP contribution >= 0.6 is 15.9 Å². The second-order valence-corrected chi connectivity index (χ2v) is 7.42. The summed E-state index contributed by atoms with van der Waals surface area (Å²) in [5.74, 6) is 1.16. The molecule has 0 unspecified atom stereocenters. The summed E-state index contributed by atoms with van der Waals surface area (Å²) in [4.78, 5) is 2.59. The van der Waals surface area contributed by atoms with Gasteiger partial charge in [-0.05, 0) is 36.0 Å². The molecule has 102 valence electrons. The van der Waals surface area contributed by atoms with Gasteiger partial charge in [0.2, 0.25) is 0 Å². The first-order chi connectivity index (χ1) is 9.24. The van der Waals surface area contributed by atoms with E-state index in [9.17, 15) is 0 Å². The molecule has 1 aliphatic carbocycles. The highest BCUT2D eigenvalue weighted by atomic mass is 79.9. The Morgan fingerprint density at radius 1 is 1.21 bits per heavy atom. The van der Waals surface area contributed by atoms with Gasteiger partial charge in [-0.3, -0.25) is 4.90 Å². The van der Waals surface area contributed by atoms with Gasteiger partial charge in [-0.25, -0.2) is 0 Å². The van der Waals surface area contributed by atoms with Crippen LogP contribution in [0.5, 0.6) is 5.75 Å². The molecule has 4 rings (SSSR count). The maximum Gasteiger partial charge on any atom is 0.127 e. The summed E-state index contributed by atoms with van der Waals surface area (Å²) in [7, 11) is 0. The topological polar surface area (TPSA) is 12.5 Å². The highest BCUT2D eigenvalue weighted by Crippen LogP contribution is 2.46. The minimum absolute atomic E-state index is 0.691. The van der Waals surface area contributed by atoms with E-state index in [4.69, 9.17) is 4.74 Å². The van der Waals surface area contributed by atoms with E-state index in [1.807, 2.05) is 0 Å². The van der Waals surface area contributed by atoms with Gasteiger partial charge < -0.3 is 4.74 Å². The maximum atomic E-state index is 5.82. The largest absolute Gasteiger partial charge is 0.493 e. The molecule has 1 saturated carbocycles. The van der Waals surface area contributed by atoms with Crippen molar-refractivity contribution in [3.8, 4) is 5.75 Å². The minimum atomic E-state index is 0.691. The fourth-order valence-corrected chi connectivity index (χ4v) is 4.71. The first-order valence-electron chi connectivity index (χ1n) is 7.41. The van der Waals surface area contributed by atoms with Crippen molar-refractivity contribution >= 4 is 15.9 Å². The number of ether oxygens (including phenoxy) is 1. The zero-order valence-corrected chi connectivity index (χ0v) is 12.8. The molecule has 2 fully saturated rings. The van der Waals surface area contributed by atoms with E-state index < -0.39 is 0 Å². The molecule has 1 aromatic rings. The van der Waals surface area contributed by atoms with Crippen molar-refractivity contribution in [2.75, 3.05) is 19.7 Å². The Morgan fingerprint density at radius 2 is 2.00 bits per heavy atom. The van der Waals surface area contributed by atoms with Gasteiger partial charge in [0.15, 0.2) is 0 Å². The van der Waals surface area contributed by atoms with Crippen LogP contribution in [0.4, 0.5) is 0 Å². The Morgan fingerprint density at radius 3 is 2.79 bits per heavy atom. The molecule has 3 heteroatoms. The maximum absolute atomic E-state index is 5.82. The van der Waals surface area contributed by atoms with Gasteiger partial charge in [-0.2, -0.15) is 0 Å². The third-order valence-corrected chi connectivity index (χ3v) is 5.46. The van der Waals surface area contributed by atoms with Gasteiger partial charge in [0.05, 0.1) is 6.61 Å². The van der Waals surface area contributed by atoms with Crippen LogP contribution in [0.1, 0.15) is 36.8 Å². The van der Waals surface area contributed by atoms with Gasteiger partial charge >= 0.3 is 0 Å². The van der Waals surface area contributed by atoms with Crippen molar-refractivity contribution in [2.24, 2.45) is 5.41 Å². The standard InChI is InChI=1S/C16H20BrNO/c17-14-7-12-3-6-19-15(12)13(8-14)9-18-10-16(11-18)4-1-2-5-16/h7-8H,1-6,9-11H2. The van der Waals surface area contributed by atoms with Crippen LogP contribution in [0.2, 0.25) is 0 Å². The van der Waals surface area contributed by atoms with Crippen molar-refractivity contribution < 1.29 is 4.74 Å². The molecule has 1 spiro atoms. The Bertz CT molecular complexity index is 500. The Kier molecular flexibility index (Phi) is 2.89. The fourth-order valence-electron chi connectivity index (χ4n) is 4.16. The molecule has 1 saturated heterocycles. The smallest absolute Gasteiger partial charge is 0.127 e. The Balaban J connectivity index is 1.49. The molecule has 19 heavy (non-hydrogen) atoms. The lowest BCUT2D eigenvalue weighted by atomic mass is 9.78. The number of hydrogen-bond acceptors (Lipinski definition) is 2. The van der Waals surface area contributed by atoms with E-state index in [-0.39, 0.29) is 0 Å². The van der Waals surface area contributed by atoms with Crippen LogP contribution in [0.25, 0.3) is 0 Å². The predicted molar refractivity (Wildman–Crippen MR) is 79.5 cm³/mol. The summed E-state index contributed by atoms with van der Waals surface area (Å²) < 4.78 is 7.02. The molecule has 0 radical (unpaired) electrons. The molecule has 0 bridgehead atoms. The van der Waals surface area contributed by atoms with Crippen molar-refractivity contribution in [1.82, 2.24) is 4.90 Å². The molecule has 0 amide bonds. The number of nitrogens with zero attached hydrogens (tertiary/aromatic N) is 1. The van der Waals surface area contributed by atoms with E-state index in [1.54, 1.807) is 0 Å². The van der Waals surface area contributed by atoms with Crippen LogP contribution in [-0.4, -0.2) is 24.6 Å². The van der Waals surface area contributed by atoms with E-state index in [0.717, 1.165) is 25.3 Å². The zero-order valence-electron chi connectivity index (χ0n) is 11.3. The summed E-state index contributed by atoms with van der Waals surface area (Å²) in [5, 5.41) is 0. The first-order valence-corrected chi connectivity index (χ1v) is 8.20. The number of fused-ring (bicyclic) bond motifs is 1. The monoisotopic (exact) mass is 321 g/mol. The van der Waals surface area contributed by atoms with Crippen molar-refractivity contribution in [3.05, 3.63) is 27.7 Å². The zero-order chi connectivity index (χ0) is 12.9. The quantitative estimate of drug-likeness (QED) is 0.822. The molecule has 0 N–H and O–H groups in total. The van der Waals surface area contributed by atoms with Crippen molar-refractivity contribution in [1.29, 1.82) is 0 Å². The van der Waals surface area contributed by atoms with E-state index in [2.05, 4.69) is 33.0 Å². The van der Waals surface area contributed by atoms with E-state index >= 15 is 0 Å². The van der Waals surface area contributed by atoms with Gasteiger partial charge in [0, 0.05) is 36.1 Å². The average molecular weight is 322 g/mol. The van der Waals surface area contributed by atoms with Crippen LogP contribution in [0.3, 0.4) is 0 Å². The number of benzene rings is 1. The summed E-state index contributed by atoms with van der Waals surface area (Å²) >= 11 is 3.63. The van der Waals surface area contributed by atoms with Crippen LogP contribution in [0.15, 0.2) is 16.6 Å². The van der Waals surface area contributed by atoms with Crippen LogP contribution in [-0.2, 0) is 13.0 Å². The van der Waals surface area contributed by atoms with Crippen LogP contribution < -0.4 is 4.74 Å². The number of halogens is 1. The molecule has 0 atom stereocenters. The predicted octanol–water partition coefficient (Wildman–Crippen LogP) is 3.76. The number of hydrogen-bond donors (Lipinski definition) is 0. The molecule has 3 aliphatic rings.